The van der Waals surface area contributed by atoms with Crippen molar-refractivity contribution in [2.24, 2.45) is 5.92 Å². The maximum Gasteiger partial charge on any atom is 0.102 e. The molecular formula is C23H29NO. The summed E-state index contributed by atoms with van der Waals surface area (Å²) in [6, 6.07) is 10.5. The van der Waals surface area contributed by atoms with Gasteiger partial charge in [-0.3, -0.25) is 0 Å². The summed E-state index contributed by atoms with van der Waals surface area (Å²) < 4.78 is 6.78. The lowest BCUT2D eigenvalue weighted by atomic mass is 9.85. The largest absolute Gasteiger partial charge is 0.366 e. The van der Waals surface area contributed by atoms with Crippen LogP contribution in [0.25, 0.3) is 0 Å². The second-order valence-electron chi connectivity index (χ2n) is 8.45. The molecular weight excluding hydrogens is 306 g/mol. The Morgan fingerprint density at radius 3 is 2.68 bits per heavy atom. The van der Waals surface area contributed by atoms with Crippen LogP contribution in [0.15, 0.2) is 48.1 Å². The predicted molar refractivity (Wildman–Crippen MR) is 102 cm³/mol. The van der Waals surface area contributed by atoms with Crippen LogP contribution >= 0.6 is 0 Å². The van der Waals surface area contributed by atoms with Crippen molar-refractivity contribution in [1.82, 2.24) is 4.90 Å². The first-order chi connectivity index (χ1) is 12.3. The minimum atomic E-state index is 0.131. The molecule has 5 atom stereocenters. The lowest BCUT2D eigenvalue weighted by Gasteiger charge is -2.37. The van der Waals surface area contributed by atoms with Gasteiger partial charge in [0.05, 0.1) is 6.10 Å². The number of piperidine rings is 1. The summed E-state index contributed by atoms with van der Waals surface area (Å²) in [5.41, 5.74) is 4.40. The molecule has 132 valence electrons. The molecule has 0 spiro atoms. The number of nitrogens with zero attached hydrogens (tertiary/aromatic N) is 1. The van der Waals surface area contributed by atoms with Gasteiger partial charge in [-0.1, -0.05) is 36.4 Å². The molecule has 0 radical (unpaired) electrons. The molecule has 2 nitrogen and oxygen atoms in total. The smallest absolute Gasteiger partial charge is 0.102 e. The summed E-state index contributed by atoms with van der Waals surface area (Å²) in [7, 11) is 2.30. The average molecular weight is 335 g/mol. The first kappa shape index (κ1) is 15.8. The zero-order valence-electron chi connectivity index (χ0n) is 15.2. The van der Waals surface area contributed by atoms with Crippen LogP contribution in [0.5, 0.6) is 0 Å². The predicted octanol–water partition coefficient (Wildman–Crippen LogP) is 4.82. The van der Waals surface area contributed by atoms with Crippen molar-refractivity contribution in [3.8, 4) is 0 Å². The maximum absolute atomic E-state index is 6.78. The van der Waals surface area contributed by atoms with Crippen molar-refractivity contribution < 1.29 is 4.74 Å². The highest BCUT2D eigenvalue weighted by Gasteiger charge is 2.40. The summed E-state index contributed by atoms with van der Waals surface area (Å²) in [6.07, 6.45) is 16.5. The molecule has 2 fully saturated rings. The average Bonchev–Trinajstić information content (AvgIpc) is 2.81. The van der Waals surface area contributed by atoms with Gasteiger partial charge in [-0.25, -0.2) is 0 Å². The molecule has 2 heteroatoms. The van der Waals surface area contributed by atoms with Gasteiger partial charge in [0.25, 0.3) is 0 Å². The summed E-state index contributed by atoms with van der Waals surface area (Å²) in [5.74, 6) is 0.674. The van der Waals surface area contributed by atoms with Crippen LogP contribution < -0.4 is 0 Å². The molecule has 25 heavy (non-hydrogen) atoms. The molecule has 0 N–H and O–H groups in total. The van der Waals surface area contributed by atoms with Crippen LogP contribution in [-0.2, 0) is 11.2 Å². The van der Waals surface area contributed by atoms with Crippen molar-refractivity contribution in [3.63, 3.8) is 0 Å². The number of fused-ring (bicyclic) bond motifs is 4. The molecule has 4 aliphatic rings. The van der Waals surface area contributed by atoms with E-state index in [0.717, 1.165) is 12.1 Å². The van der Waals surface area contributed by atoms with Gasteiger partial charge in [-0.05, 0) is 80.7 Å². The first-order valence-corrected chi connectivity index (χ1v) is 10.1. The standard InChI is InChI=1S/C23H29NO/c1-24-19-10-11-20(24)15-21(14-19)25-23-13-17-7-3-2-6-16(17)12-18-8-4-5-9-22(18)23/h3-5,7-9,13,16,19-21,23H,2,6,10-12,14-15H2,1H3/t16?,19-,20+,21?,23?. The Kier molecular flexibility index (Phi) is 4.06. The van der Waals surface area contributed by atoms with Crippen molar-refractivity contribution in [2.75, 3.05) is 7.05 Å². The van der Waals surface area contributed by atoms with Gasteiger partial charge in [0.2, 0.25) is 0 Å². The maximum atomic E-state index is 6.78. The van der Waals surface area contributed by atoms with E-state index >= 15 is 0 Å². The van der Waals surface area contributed by atoms with Crippen LogP contribution in [0, 0.1) is 5.92 Å². The molecule has 0 saturated carbocycles. The third-order valence-corrected chi connectivity index (χ3v) is 7.03. The third kappa shape index (κ3) is 2.90. The fraction of sp³-hybridized carbons (Fsp3) is 0.565. The van der Waals surface area contributed by atoms with Gasteiger partial charge in [0.15, 0.2) is 0 Å². The number of rotatable bonds is 2. The molecule has 3 unspecified atom stereocenters. The Bertz CT molecular complexity index is 692. The number of allylic oxidation sites excluding steroid dienone is 3. The van der Waals surface area contributed by atoms with E-state index < -0.39 is 0 Å². The first-order valence-electron chi connectivity index (χ1n) is 10.1. The molecule has 2 aliphatic carbocycles. The minimum absolute atomic E-state index is 0.131. The van der Waals surface area contributed by atoms with Crippen LogP contribution in [0.1, 0.15) is 55.8 Å². The minimum Gasteiger partial charge on any atom is -0.366 e. The van der Waals surface area contributed by atoms with E-state index in [1.807, 2.05) is 0 Å². The van der Waals surface area contributed by atoms with Gasteiger partial charge >= 0.3 is 0 Å². The normalized spacial score (nSPS) is 37.2. The molecule has 0 amide bonds. The van der Waals surface area contributed by atoms with Crippen LogP contribution in [0.3, 0.4) is 0 Å². The second kappa shape index (κ2) is 6.41. The summed E-state index contributed by atoms with van der Waals surface area (Å²) >= 11 is 0. The van der Waals surface area contributed by atoms with E-state index in [0.29, 0.717) is 12.0 Å². The van der Waals surface area contributed by atoms with Gasteiger partial charge in [-0.15, -0.1) is 0 Å². The number of ether oxygens (including phenoxy) is 1. The zero-order valence-corrected chi connectivity index (χ0v) is 15.2. The second-order valence-corrected chi connectivity index (χ2v) is 8.45. The van der Waals surface area contributed by atoms with E-state index in [9.17, 15) is 0 Å². The molecule has 5 rings (SSSR count). The number of hydrogen-bond donors (Lipinski definition) is 0. The van der Waals surface area contributed by atoms with E-state index in [1.54, 1.807) is 0 Å². The van der Waals surface area contributed by atoms with Gasteiger partial charge in [0, 0.05) is 12.1 Å². The van der Waals surface area contributed by atoms with Gasteiger partial charge in [-0.2, -0.15) is 0 Å². The summed E-state index contributed by atoms with van der Waals surface area (Å²) in [6.45, 7) is 0. The molecule has 2 saturated heterocycles. The molecule has 0 aromatic heterocycles. The molecule has 2 aliphatic heterocycles. The molecule has 1 aromatic carbocycles. The van der Waals surface area contributed by atoms with Crippen LogP contribution in [0.4, 0.5) is 0 Å². The Morgan fingerprint density at radius 1 is 1.04 bits per heavy atom. The van der Waals surface area contributed by atoms with E-state index in [4.69, 9.17) is 4.74 Å². The topological polar surface area (TPSA) is 12.5 Å². The highest BCUT2D eigenvalue weighted by molar-refractivity contribution is 5.40. The van der Waals surface area contributed by atoms with E-state index in [1.165, 1.54) is 61.6 Å². The van der Waals surface area contributed by atoms with E-state index in [2.05, 4.69) is 54.4 Å². The van der Waals surface area contributed by atoms with Crippen LogP contribution in [0.2, 0.25) is 0 Å². The van der Waals surface area contributed by atoms with Gasteiger partial charge < -0.3 is 9.64 Å². The SMILES string of the molecule is CN1[C@@H]2CC[C@H]1CC(OC1C=C3C=CCCC3Cc3ccccc31)C2. The van der Waals surface area contributed by atoms with E-state index in [-0.39, 0.29) is 6.10 Å². The Morgan fingerprint density at radius 2 is 1.84 bits per heavy atom. The van der Waals surface area contributed by atoms with Crippen molar-refractivity contribution in [1.29, 1.82) is 0 Å². The monoisotopic (exact) mass is 335 g/mol. The fourth-order valence-electron chi connectivity index (χ4n) is 5.55. The number of hydrogen-bond acceptors (Lipinski definition) is 2. The third-order valence-electron chi connectivity index (χ3n) is 7.03. The fourth-order valence-corrected chi connectivity index (χ4v) is 5.55. The quantitative estimate of drug-likeness (QED) is 0.768. The highest BCUT2D eigenvalue weighted by Crippen LogP contribution is 2.41. The van der Waals surface area contributed by atoms with Crippen molar-refractivity contribution >= 4 is 0 Å². The van der Waals surface area contributed by atoms with Crippen LogP contribution in [-0.4, -0.2) is 30.1 Å². The summed E-state index contributed by atoms with van der Waals surface area (Å²) in [5, 5.41) is 0. The van der Waals surface area contributed by atoms with Crippen molar-refractivity contribution in [3.05, 3.63) is 59.2 Å². The highest BCUT2D eigenvalue weighted by atomic mass is 16.5. The molecule has 1 aromatic rings. The molecule has 2 bridgehead atoms. The van der Waals surface area contributed by atoms with Gasteiger partial charge in [0.1, 0.15) is 6.10 Å². The lowest BCUT2D eigenvalue weighted by molar-refractivity contribution is -0.0402. The zero-order chi connectivity index (χ0) is 16.8. The lowest BCUT2D eigenvalue weighted by Crippen LogP contribution is -2.43. The van der Waals surface area contributed by atoms with Crippen molar-refractivity contribution in [2.45, 2.75) is 69.2 Å². The number of benzene rings is 1. The Labute approximate surface area is 151 Å². The molecule has 2 heterocycles. The Hall–Kier alpha value is -1.38. The summed E-state index contributed by atoms with van der Waals surface area (Å²) in [4.78, 5) is 2.60. The Balaban J connectivity index is 1.44.